The zero-order chi connectivity index (χ0) is 24.0. The van der Waals surface area contributed by atoms with Crippen molar-refractivity contribution in [3.05, 3.63) is 95.0 Å². The fraction of sp³-hybridized carbons (Fsp3) is 0.125. The minimum absolute atomic E-state index is 0.0229. The van der Waals surface area contributed by atoms with Gasteiger partial charge in [0.15, 0.2) is 11.5 Å². The van der Waals surface area contributed by atoms with Crippen LogP contribution in [0.4, 0.5) is 5.69 Å². The molecule has 0 fully saturated rings. The van der Waals surface area contributed by atoms with Crippen molar-refractivity contribution in [1.82, 2.24) is 0 Å². The Hall–Kier alpha value is -2.80. The summed E-state index contributed by atoms with van der Waals surface area (Å²) in [6.07, 6.45) is 1.74. The topological polar surface area (TPSA) is 85.4 Å². The van der Waals surface area contributed by atoms with Crippen LogP contribution in [-0.2, 0) is 6.61 Å². The summed E-state index contributed by atoms with van der Waals surface area (Å²) in [6.45, 7) is 2.51. The van der Waals surface area contributed by atoms with Crippen LogP contribution in [0.15, 0.2) is 54.6 Å². The van der Waals surface area contributed by atoms with Crippen LogP contribution in [0.2, 0.25) is 10.0 Å². The Kier molecular flexibility index (Phi) is 8.55. The van der Waals surface area contributed by atoms with E-state index in [1.807, 2.05) is 13.0 Å². The van der Waals surface area contributed by atoms with Gasteiger partial charge in [-0.25, -0.2) is 0 Å². The summed E-state index contributed by atoms with van der Waals surface area (Å²) in [6, 6.07) is 17.1. The fourth-order valence-corrected chi connectivity index (χ4v) is 4.03. The Morgan fingerprint density at radius 2 is 1.85 bits per heavy atom. The quantitative estimate of drug-likeness (QED) is 0.0883. The Labute approximate surface area is 214 Å². The first kappa shape index (κ1) is 24.8. The van der Waals surface area contributed by atoms with Crippen LogP contribution >= 0.6 is 45.8 Å². The molecule has 6 nitrogen and oxygen atoms in total. The van der Waals surface area contributed by atoms with Gasteiger partial charge in [0.05, 0.1) is 36.8 Å². The highest BCUT2D eigenvalue weighted by Crippen LogP contribution is 2.36. The third-order valence-electron chi connectivity index (χ3n) is 4.52. The molecule has 0 heterocycles. The molecule has 0 unspecified atom stereocenters. The molecule has 0 radical (unpaired) electrons. The normalized spacial score (nSPS) is 11.1. The van der Waals surface area contributed by atoms with Gasteiger partial charge in [-0.15, -0.1) is 0 Å². The maximum atomic E-state index is 10.8. The van der Waals surface area contributed by atoms with Crippen molar-refractivity contribution >= 4 is 63.1 Å². The largest absolute Gasteiger partial charge is 0.490 e. The minimum atomic E-state index is -0.444. The van der Waals surface area contributed by atoms with Crippen LogP contribution in [-0.4, -0.2) is 11.5 Å². The Bertz CT molecular complexity index is 1250. The second-order valence-corrected chi connectivity index (χ2v) is 8.75. The van der Waals surface area contributed by atoms with E-state index in [0.29, 0.717) is 39.3 Å². The maximum Gasteiger partial charge on any atom is 0.269 e. The highest BCUT2D eigenvalue weighted by molar-refractivity contribution is 14.1. The van der Waals surface area contributed by atoms with E-state index in [9.17, 15) is 15.4 Å². The summed E-state index contributed by atoms with van der Waals surface area (Å²) >= 11 is 14.2. The molecule has 0 aliphatic heterocycles. The smallest absolute Gasteiger partial charge is 0.269 e. The van der Waals surface area contributed by atoms with Gasteiger partial charge >= 0.3 is 0 Å². The molecule has 0 N–H and O–H groups in total. The number of hydrogen-bond acceptors (Lipinski definition) is 5. The van der Waals surface area contributed by atoms with E-state index in [0.717, 1.165) is 14.7 Å². The second kappa shape index (κ2) is 11.4. The Morgan fingerprint density at radius 3 is 2.45 bits per heavy atom. The summed E-state index contributed by atoms with van der Waals surface area (Å²) in [7, 11) is 0. The van der Waals surface area contributed by atoms with E-state index < -0.39 is 4.92 Å². The molecule has 0 saturated carbocycles. The van der Waals surface area contributed by atoms with Crippen LogP contribution in [0.5, 0.6) is 11.5 Å². The van der Waals surface area contributed by atoms with E-state index in [-0.39, 0.29) is 12.3 Å². The lowest BCUT2D eigenvalue weighted by Crippen LogP contribution is -2.02. The number of nitro benzene ring substituents is 1. The Morgan fingerprint density at radius 1 is 1.12 bits per heavy atom. The van der Waals surface area contributed by atoms with Crippen LogP contribution < -0.4 is 9.47 Å². The highest BCUT2D eigenvalue weighted by Gasteiger charge is 2.14. The van der Waals surface area contributed by atoms with E-state index in [1.54, 1.807) is 42.5 Å². The number of nitrogens with zero attached hydrogens (tertiary/aromatic N) is 2. The van der Waals surface area contributed by atoms with Crippen LogP contribution in [0.1, 0.15) is 23.6 Å². The van der Waals surface area contributed by atoms with E-state index in [1.165, 1.54) is 12.1 Å². The number of ether oxygens (including phenoxy) is 2. The molecule has 0 aliphatic rings. The number of halogens is 3. The monoisotopic (exact) mass is 594 g/mol. The predicted octanol–water partition coefficient (Wildman–Crippen LogP) is 7.55. The number of hydrogen-bond donors (Lipinski definition) is 0. The number of rotatable bonds is 8. The molecule has 168 valence electrons. The molecule has 33 heavy (non-hydrogen) atoms. The minimum Gasteiger partial charge on any atom is -0.490 e. The summed E-state index contributed by atoms with van der Waals surface area (Å²) in [4.78, 5) is 10.4. The van der Waals surface area contributed by atoms with Gasteiger partial charge in [0.25, 0.3) is 5.69 Å². The first-order valence-corrected chi connectivity index (χ1v) is 11.6. The second-order valence-electron chi connectivity index (χ2n) is 6.77. The summed E-state index contributed by atoms with van der Waals surface area (Å²) in [5.41, 5.74) is 2.64. The lowest BCUT2D eigenvalue weighted by molar-refractivity contribution is -0.384. The first-order chi connectivity index (χ1) is 15.8. The molecule has 3 aromatic carbocycles. The lowest BCUT2D eigenvalue weighted by Gasteiger charge is -2.15. The first-order valence-electron chi connectivity index (χ1n) is 9.72. The van der Waals surface area contributed by atoms with Crippen molar-refractivity contribution in [1.29, 1.82) is 5.26 Å². The number of benzene rings is 3. The average molecular weight is 595 g/mol. The van der Waals surface area contributed by atoms with Crippen molar-refractivity contribution in [2.75, 3.05) is 6.61 Å². The van der Waals surface area contributed by atoms with Crippen molar-refractivity contribution < 1.29 is 14.4 Å². The molecule has 3 aromatic rings. The Balaban J connectivity index is 1.89. The highest BCUT2D eigenvalue weighted by atomic mass is 127. The molecular weight excluding hydrogens is 578 g/mol. The lowest BCUT2D eigenvalue weighted by atomic mass is 10.0. The van der Waals surface area contributed by atoms with Gasteiger partial charge in [0.2, 0.25) is 0 Å². The van der Waals surface area contributed by atoms with Gasteiger partial charge < -0.3 is 9.47 Å². The summed E-state index contributed by atoms with van der Waals surface area (Å²) in [5, 5.41) is 21.3. The van der Waals surface area contributed by atoms with E-state index in [2.05, 4.69) is 28.7 Å². The maximum absolute atomic E-state index is 10.8. The third kappa shape index (κ3) is 6.38. The molecular formula is C24H17Cl2IN2O4. The van der Waals surface area contributed by atoms with Crippen molar-refractivity contribution in [3.63, 3.8) is 0 Å². The van der Waals surface area contributed by atoms with Gasteiger partial charge in [0.1, 0.15) is 6.61 Å². The zero-order valence-electron chi connectivity index (χ0n) is 17.3. The number of non-ortho nitro benzene ring substituents is 1. The third-order valence-corrected chi connectivity index (χ3v) is 6.06. The fourth-order valence-electron chi connectivity index (χ4n) is 2.95. The van der Waals surface area contributed by atoms with Crippen LogP contribution in [0.25, 0.3) is 11.6 Å². The molecule has 0 atom stereocenters. The molecule has 0 spiro atoms. The molecule has 9 heteroatoms. The van der Waals surface area contributed by atoms with Gasteiger partial charge in [-0.05, 0) is 88.7 Å². The molecule has 0 bridgehead atoms. The molecule has 0 amide bonds. The molecule has 0 aliphatic carbocycles. The summed E-state index contributed by atoms with van der Waals surface area (Å²) in [5.74, 6) is 1.09. The van der Waals surface area contributed by atoms with Gasteiger partial charge in [0, 0.05) is 12.1 Å². The molecule has 3 rings (SSSR count). The van der Waals surface area contributed by atoms with Crippen LogP contribution in [0, 0.1) is 25.0 Å². The number of nitriles is 1. The molecule has 0 saturated heterocycles. The van der Waals surface area contributed by atoms with Crippen molar-refractivity contribution in [3.8, 4) is 17.6 Å². The average Bonchev–Trinajstić information content (AvgIpc) is 2.79. The van der Waals surface area contributed by atoms with Gasteiger partial charge in [-0.3, -0.25) is 10.1 Å². The van der Waals surface area contributed by atoms with Crippen LogP contribution in [0.3, 0.4) is 0 Å². The van der Waals surface area contributed by atoms with E-state index >= 15 is 0 Å². The van der Waals surface area contributed by atoms with Crippen molar-refractivity contribution in [2.45, 2.75) is 13.5 Å². The SMILES string of the molecule is CCOc1cc(/C=C(/C#N)c2ccc(Cl)c(Cl)c2)cc(I)c1OCc1ccc([N+](=O)[O-])cc1. The van der Waals surface area contributed by atoms with Gasteiger partial charge in [-0.1, -0.05) is 29.3 Å². The number of allylic oxidation sites excluding steroid dienone is 1. The van der Waals surface area contributed by atoms with E-state index in [4.69, 9.17) is 32.7 Å². The van der Waals surface area contributed by atoms with Crippen molar-refractivity contribution in [2.24, 2.45) is 0 Å². The zero-order valence-corrected chi connectivity index (χ0v) is 21.0. The summed E-state index contributed by atoms with van der Waals surface area (Å²) < 4.78 is 12.6. The standard InChI is InChI=1S/C24H17Cl2IN2O4/c1-2-32-23-11-16(9-18(13-28)17-5-8-20(25)21(26)12-17)10-22(27)24(23)33-14-15-3-6-19(7-4-15)29(30)31/h3-12H,2,14H2,1H3/b18-9-. The number of nitro groups is 1. The molecule has 0 aromatic heterocycles. The van der Waals surface area contributed by atoms with Gasteiger partial charge in [-0.2, -0.15) is 5.26 Å². The predicted molar refractivity (Wildman–Crippen MR) is 138 cm³/mol.